The Bertz CT molecular complexity index is 609. The van der Waals surface area contributed by atoms with Crippen molar-refractivity contribution in [1.29, 1.82) is 0 Å². The number of hydrogen-bond donors (Lipinski definition) is 5. The van der Waals surface area contributed by atoms with Gasteiger partial charge in [-0.2, -0.15) is 0 Å². The summed E-state index contributed by atoms with van der Waals surface area (Å²) in [7, 11) is -1.02. The second kappa shape index (κ2) is 9.16. The van der Waals surface area contributed by atoms with Gasteiger partial charge in [-0.05, 0) is 18.3 Å². The molecule has 1 heterocycles. The first-order valence-electron chi connectivity index (χ1n) is 7.87. The largest absolute Gasteiger partial charge is 0.535 e. The first-order valence-corrected chi connectivity index (χ1v) is 7.87. The van der Waals surface area contributed by atoms with E-state index < -0.39 is 13.1 Å². The van der Waals surface area contributed by atoms with Crippen molar-refractivity contribution >= 4 is 18.8 Å². The summed E-state index contributed by atoms with van der Waals surface area (Å²) in [4.78, 5) is 11.6. The minimum absolute atomic E-state index is 0.0776. The normalized spacial score (nSPS) is 13.4. The highest BCUT2D eigenvalue weighted by atomic mass is 16.5. The average molecular weight is 336 g/mol. The molecule has 0 aromatic heterocycles. The van der Waals surface area contributed by atoms with Crippen molar-refractivity contribution in [3.63, 3.8) is 0 Å². The van der Waals surface area contributed by atoms with E-state index >= 15 is 0 Å². The highest BCUT2D eigenvalue weighted by molar-refractivity contribution is 6.44. The molecule has 0 unspecified atom stereocenters. The molecule has 24 heavy (non-hydrogen) atoms. The fourth-order valence-corrected chi connectivity index (χ4v) is 2.35. The predicted molar refractivity (Wildman–Crippen MR) is 94.0 cm³/mol. The topological polar surface area (TPSA) is 148 Å². The van der Waals surface area contributed by atoms with Crippen LogP contribution in [-0.4, -0.2) is 41.3 Å². The molecule has 0 spiro atoms. The van der Waals surface area contributed by atoms with Crippen molar-refractivity contribution < 1.29 is 19.6 Å². The van der Waals surface area contributed by atoms with Crippen LogP contribution in [0.2, 0.25) is 6.32 Å². The lowest BCUT2D eigenvalue weighted by atomic mass is 9.78. The number of aromatic carboxylic acids is 1. The molecule has 9 heteroatoms. The number of benzene rings is 1. The minimum Gasteiger partial charge on any atom is -0.535 e. The van der Waals surface area contributed by atoms with Crippen LogP contribution < -0.4 is 22.0 Å². The number of nitrogens with two attached hydrogens (primary N) is 3. The van der Waals surface area contributed by atoms with Crippen molar-refractivity contribution in [3.8, 4) is 5.75 Å². The van der Waals surface area contributed by atoms with Crippen LogP contribution in [0.15, 0.2) is 18.3 Å². The maximum Gasteiger partial charge on any atom is 0.522 e. The number of aryl methyl sites for hydroxylation is 1. The van der Waals surface area contributed by atoms with Gasteiger partial charge in [0.1, 0.15) is 11.3 Å². The third-order valence-electron chi connectivity index (χ3n) is 3.37. The Morgan fingerprint density at radius 1 is 1.46 bits per heavy atom. The molecule has 132 valence electrons. The number of hydrazine groups is 1. The fourth-order valence-electron chi connectivity index (χ4n) is 2.35. The van der Waals surface area contributed by atoms with Gasteiger partial charge in [0, 0.05) is 24.9 Å². The number of hydrogen-bond acceptors (Lipinski definition) is 7. The number of rotatable bonds is 5. The molecule has 2 rings (SSSR count). The monoisotopic (exact) mass is 336 g/mol. The highest BCUT2D eigenvalue weighted by Crippen LogP contribution is 2.34. The number of carboxylic acids is 1. The van der Waals surface area contributed by atoms with Gasteiger partial charge in [0.15, 0.2) is 0 Å². The molecule has 0 aliphatic carbocycles. The molecule has 0 radical (unpaired) electrons. The van der Waals surface area contributed by atoms with E-state index in [0.717, 1.165) is 5.56 Å². The Kier molecular flexibility index (Phi) is 7.57. The van der Waals surface area contributed by atoms with Crippen LogP contribution >= 0.6 is 0 Å². The summed E-state index contributed by atoms with van der Waals surface area (Å²) in [6.45, 7) is 4.72. The van der Waals surface area contributed by atoms with Crippen LogP contribution in [0, 0.1) is 0 Å². The lowest BCUT2D eigenvalue weighted by molar-refractivity contribution is 0.0694. The molecule has 8 nitrogen and oxygen atoms in total. The zero-order chi connectivity index (χ0) is 18.3. The van der Waals surface area contributed by atoms with Crippen molar-refractivity contribution in [3.05, 3.63) is 35.0 Å². The second-order valence-electron chi connectivity index (χ2n) is 5.00. The van der Waals surface area contributed by atoms with E-state index in [1.165, 1.54) is 11.2 Å². The number of carbonyl (C=O) groups is 1. The van der Waals surface area contributed by atoms with Crippen LogP contribution in [0.3, 0.4) is 0 Å². The number of fused-ring (bicyclic) bond motifs is 1. The third-order valence-corrected chi connectivity index (χ3v) is 3.37. The molecule has 1 aromatic carbocycles. The predicted octanol–water partition coefficient (Wildman–Crippen LogP) is 0.218. The quantitative estimate of drug-likeness (QED) is 0.291. The van der Waals surface area contributed by atoms with E-state index in [9.17, 15) is 14.9 Å². The molecular formula is C15H25BN4O4. The van der Waals surface area contributed by atoms with Crippen LogP contribution in [0.4, 0.5) is 0 Å². The Morgan fingerprint density at radius 3 is 2.71 bits per heavy atom. The van der Waals surface area contributed by atoms with Crippen molar-refractivity contribution in [2.75, 3.05) is 13.1 Å². The van der Waals surface area contributed by atoms with Crippen molar-refractivity contribution in [1.82, 2.24) is 5.01 Å². The lowest BCUT2D eigenvalue weighted by Gasteiger charge is -2.23. The Balaban J connectivity index is 0.00000139. The zero-order valence-electron chi connectivity index (χ0n) is 14.0. The van der Waals surface area contributed by atoms with E-state index in [0.29, 0.717) is 25.8 Å². The van der Waals surface area contributed by atoms with E-state index in [1.807, 2.05) is 13.8 Å². The van der Waals surface area contributed by atoms with Crippen LogP contribution in [0.5, 0.6) is 5.75 Å². The lowest BCUT2D eigenvalue weighted by Crippen LogP contribution is -2.32. The van der Waals surface area contributed by atoms with E-state index in [2.05, 4.69) is 0 Å². The molecule has 1 aromatic rings. The Hall–Kier alpha value is -2.23. The van der Waals surface area contributed by atoms with E-state index in [1.54, 1.807) is 12.1 Å². The van der Waals surface area contributed by atoms with Crippen molar-refractivity contribution in [2.24, 2.45) is 17.3 Å². The number of carboxylic acid groups (broad SMARTS) is 1. The van der Waals surface area contributed by atoms with Gasteiger partial charge in [0.2, 0.25) is 0 Å². The molecule has 8 N–H and O–H groups in total. The van der Waals surface area contributed by atoms with E-state index in [4.69, 9.17) is 22.0 Å². The fraction of sp³-hybridized carbons (Fsp3) is 0.400. The second-order valence-corrected chi connectivity index (χ2v) is 5.00. The number of nitrogens with zero attached hydrogens (tertiary/aromatic N) is 1. The van der Waals surface area contributed by atoms with Gasteiger partial charge >= 0.3 is 13.1 Å². The van der Waals surface area contributed by atoms with Crippen LogP contribution in [0.1, 0.15) is 35.3 Å². The van der Waals surface area contributed by atoms with Crippen LogP contribution in [-0.2, 0) is 6.42 Å². The molecule has 0 fully saturated rings. The molecular weight excluding hydrogens is 311 g/mol. The van der Waals surface area contributed by atoms with Gasteiger partial charge in [-0.1, -0.05) is 26.0 Å². The van der Waals surface area contributed by atoms with Crippen molar-refractivity contribution in [2.45, 2.75) is 26.6 Å². The molecule has 0 bridgehead atoms. The van der Waals surface area contributed by atoms with Gasteiger partial charge in [-0.15, -0.1) is 0 Å². The van der Waals surface area contributed by atoms with Gasteiger partial charge in [-0.25, -0.2) is 10.6 Å². The maximum atomic E-state index is 11.6. The van der Waals surface area contributed by atoms with Crippen LogP contribution in [0.25, 0.3) is 5.70 Å². The first kappa shape index (κ1) is 19.8. The van der Waals surface area contributed by atoms with Gasteiger partial charge in [0.25, 0.3) is 0 Å². The summed E-state index contributed by atoms with van der Waals surface area (Å²) in [6.07, 6.45) is 2.38. The third kappa shape index (κ3) is 4.64. The SMILES string of the molecule is CC.NCCN(N)/C=C(\N)c1ccc2c(c1C(=O)O)OB(O)CC2. The minimum atomic E-state index is -1.18. The molecule has 1 aliphatic rings. The Morgan fingerprint density at radius 2 is 2.12 bits per heavy atom. The summed E-state index contributed by atoms with van der Waals surface area (Å²) in [5.41, 5.74) is 12.5. The molecule has 1 aliphatic heterocycles. The zero-order valence-corrected chi connectivity index (χ0v) is 14.0. The molecule has 0 atom stereocenters. The Labute approximate surface area is 142 Å². The summed E-state index contributed by atoms with van der Waals surface area (Å²) >= 11 is 0. The molecule has 0 saturated carbocycles. The van der Waals surface area contributed by atoms with Gasteiger partial charge in [0.05, 0.1) is 5.70 Å². The first-order chi connectivity index (χ1) is 11.4. The summed E-state index contributed by atoms with van der Waals surface area (Å²) < 4.78 is 5.29. The highest BCUT2D eigenvalue weighted by Gasteiger charge is 2.29. The summed E-state index contributed by atoms with van der Waals surface area (Å²) in [5.74, 6) is 4.66. The summed E-state index contributed by atoms with van der Waals surface area (Å²) in [5, 5.41) is 20.4. The van der Waals surface area contributed by atoms with Gasteiger partial charge < -0.3 is 31.3 Å². The van der Waals surface area contributed by atoms with E-state index in [-0.39, 0.29) is 22.6 Å². The standard InChI is InChI=1S/C13H19BN4O4.C2H6/c15-5-6-18(17)7-10(16)9-2-1-8-3-4-14(21)22-12(8)11(9)13(19)20;1-2/h1-2,7,21H,3-6,15-17H2,(H,19,20);1-2H3/b10-7-;. The molecule has 0 amide bonds. The van der Waals surface area contributed by atoms with Gasteiger partial charge in [-0.3, -0.25) is 0 Å². The maximum absolute atomic E-state index is 11.6. The summed E-state index contributed by atoms with van der Waals surface area (Å²) in [6, 6.07) is 3.36. The smallest absolute Gasteiger partial charge is 0.522 e. The average Bonchev–Trinajstić information content (AvgIpc) is 2.55. The molecule has 0 saturated heterocycles.